The molecule has 1 aromatic carbocycles. The minimum absolute atomic E-state index is 0.0978. The number of rotatable bonds is 5. The van der Waals surface area contributed by atoms with E-state index in [1.807, 2.05) is 0 Å². The van der Waals surface area contributed by atoms with Crippen LogP contribution in [-0.2, 0) is 10.6 Å². The predicted molar refractivity (Wildman–Crippen MR) is 66.6 cm³/mol. The highest BCUT2D eigenvalue weighted by molar-refractivity contribution is 6.58. The minimum atomic E-state index is -7.20. The number of anilines is 1. The summed E-state index contributed by atoms with van der Waals surface area (Å²) in [4.78, 5) is 0. The van der Waals surface area contributed by atoms with Gasteiger partial charge in [0.1, 0.15) is 0 Å². The van der Waals surface area contributed by atoms with Crippen molar-refractivity contribution in [3.05, 3.63) is 23.8 Å². The summed E-state index contributed by atoms with van der Waals surface area (Å²) < 4.78 is 143. The molecule has 1 atom stereocenters. The number of nitrogen functional groups attached to an aromatic ring is 1. The van der Waals surface area contributed by atoms with Gasteiger partial charge in [-0.1, -0.05) is 12.1 Å². The number of nitrogens with two attached hydrogens (primary N) is 1. The topological polar surface area (TPSA) is 75.7 Å². The lowest BCUT2D eigenvalue weighted by Gasteiger charge is -2.35. The smallest absolute Gasteiger partial charge is 0.423 e. The van der Waals surface area contributed by atoms with Gasteiger partial charge in [-0.3, -0.25) is 4.74 Å². The third-order valence-corrected chi connectivity index (χ3v) is 3.08. The van der Waals surface area contributed by atoms with Crippen molar-refractivity contribution in [2.75, 3.05) is 5.73 Å². The number of hydrogen-bond donors (Lipinski definition) is 3. The molecular weight excluding hydrogens is 414 g/mol. The Bertz CT molecular complexity index is 691. The zero-order valence-corrected chi connectivity index (χ0v) is 12.3. The molecule has 0 saturated heterocycles. The summed E-state index contributed by atoms with van der Waals surface area (Å²) in [5, 5.41) is 17.6. The quantitative estimate of drug-likeness (QED) is 0.388. The normalized spacial score (nSPS) is 16.2. The van der Waals surface area contributed by atoms with Crippen molar-refractivity contribution in [1.29, 1.82) is 0 Å². The molecule has 0 aromatic heterocycles. The zero-order valence-electron chi connectivity index (χ0n) is 12.3. The van der Waals surface area contributed by atoms with Crippen molar-refractivity contribution < 1.29 is 63.1 Å². The molecule has 0 radical (unpaired) electrons. The summed E-state index contributed by atoms with van der Waals surface area (Å²) in [6.07, 6.45) is -20.7. The molecule has 0 heterocycles. The van der Waals surface area contributed by atoms with E-state index in [2.05, 4.69) is 4.74 Å². The van der Waals surface area contributed by atoms with Gasteiger partial charge in [-0.2, -0.15) is 48.3 Å². The molecule has 0 aliphatic carbocycles. The van der Waals surface area contributed by atoms with Gasteiger partial charge in [0.05, 0.1) is 0 Å². The fraction of sp³-hybridized carbons (Fsp3) is 0.455. The number of hydrogen-bond acceptors (Lipinski definition) is 4. The highest BCUT2D eigenvalue weighted by Gasteiger charge is 2.78. The molecule has 4 N–H and O–H groups in total. The summed E-state index contributed by atoms with van der Waals surface area (Å²) in [5.41, 5.74) is 0.720. The second kappa shape index (κ2) is 6.66. The average Bonchev–Trinajstić information content (AvgIpc) is 2.43. The van der Waals surface area contributed by atoms with Crippen LogP contribution in [0.25, 0.3) is 0 Å². The van der Waals surface area contributed by atoms with Crippen molar-refractivity contribution in [2.24, 2.45) is 0 Å². The Balaban J connectivity index is 3.56. The molecule has 0 fully saturated rings. The van der Waals surface area contributed by atoms with Gasteiger partial charge in [-0.15, -0.1) is 0 Å². The van der Waals surface area contributed by atoms with E-state index in [4.69, 9.17) is 15.8 Å². The van der Waals surface area contributed by atoms with Gasteiger partial charge in [-0.25, -0.2) is 0 Å². The van der Waals surface area contributed by atoms with Crippen LogP contribution < -0.4 is 11.2 Å². The predicted octanol–water partition coefficient (Wildman–Crippen LogP) is 2.44. The van der Waals surface area contributed by atoms with E-state index in [0.29, 0.717) is 6.07 Å². The molecular formula is C11H7BF11NO3. The molecule has 1 aromatic rings. The fourth-order valence-electron chi connectivity index (χ4n) is 1.71. The maximum atomic E-state index is 14.3. The first kappa shape index (κ1) is 23.2. The summed E-state index contributed by atoms with van der Waals surface area (Å²) in [5.74, 6) is -13.1. The van der Waals surface area contributed by atoms with Crippen LogP contribution in [0.1, 0.15) is 5.56 Å². The molecule has 16 heteroatoms. The number of halogens is 11. The Kier molecular flexibility index (Phi) is 5.74. The summed E-state index contributed by atoms with van der Waals surface area (Å²) in [7, 11) is -2.36. The van der Waals surface area contributed by atoms with E-state index >= 15 is 0 Å². The van der Waals surface area contributed by atoms with Crippen LogP contribution >= 0.6 is 0 Å². The van der Waals surface area contributed by atoms with Gasteiger partial charge in [0.25, 0.3) is 0 Å². The summed E-state index contributed by atoms with van der Waals surface area (Å²) >= 11 is 0. The van der Waals surface area contributed by atoms with Crippen LogP contribution in [0.2, 0.25) is 0 Å². The van der Waals surface area contributed by atoms with Gasteiger partial charge in [-0.05, 0) is 11.5 Å². The first-order valence-electron chi connectivity index (χ1n) is 6.32. The standard InChI is InChI=1S/C11H7BF11NO3/c13-7(9(16,17)18,5-2-1-4(12(25)26)3-6(5)24)27-11(22,23)8(14,15)10(19,20)21/h1-3,25-26H,24H2. The van der Waals surface area contributed by atoms with E-state index in [9.17, 15) is 48.3 Å². The largest absolute Gasteiger partial charge is 0.488 e. The Hall–Kier alpha value is -1.81. The third-order valence-electron chi connectivity index (χ3n) is 3.08. The zero-order chi connectivity index (χ0) is 21.6. The van der Waals surface area contributed by atoms with E-state index in [1.54, 1.807) is 0 Å². The van der Waals surface area contributed by atoms with E-state index in [0.717, 1.165) is 0 Å². The first-order valence-corrected chi connectivity index (χ1v) is 6.32. The number of alkyl halides is 11. The van der Waals surface area contributed by atoms with Gasteiger partial charge >= 0.3 is 37.4 Å². The molecule has 0 amide bonds. The lowest BCUT2D eigenvalue weighted by atomic mass is 9.79. The monoisotopic (exact) mass is 421 g/mol. The second-order valence-corrected chi connectivity index (χ2v) is 5.00. The third kappa shape index (κ3) is 4.06. The first-order chi connectivity index (χ1) is 11.8. The molecule has 0 saturated carbocycles. The van der Waals surface area contributed by atoms with Gasteiger partial charge in [0.2, 0.25) is 0 Å². The van der Waals surface area contributed by atoms with Crippen LogP contribution in [0.15, 0.2) is 18.2 Å². The van der Waals surface area contributed by atoms with Crippen molar-refractivity contribution in [2.45, 2.75) is 30.2 Å². The molecule has 1 rings (SSSR count). The number of ether oxygens (including phenoxy) is 1. The van der Waals surface area contributed by atoms with Gasteiger partial charge in [0.15, 0.2) is 0 Å². The maximum absolute atomic E-state index is 14.3. The van der Waals surface area contributed by atoms with Crippen LogP contribution in [0.4, 0.5) is 54.0 Å². The highest BCUT2D eigenvalue weighted by Crippen LogP contribution is 2.54. The SMILES string of the molecule is Nc1cc(B(O)O)ccc1C(F)(OC(F)(F)C(F)(F)C(F)(F)F)C(F)(F)F. The Labute approximate surface area is 142 Å². The van der Waals surface area contributed by atoms with Crippen LogP contribution in [-0.4, -0.2) is 41.6 Å². The van der Waals surface area contributed by atoms with Gasteiger partial charge < -0.3 is 15.8 Å². The number of benzene rings is 1. The molecule has 0 aliphatic heterocycles. The van der Waals surface area contributed by atoms with E-state index in [-0.39, 0.29) is 12.1 Å². The Morgan fingerprint density at radius 2 is 1.30 bits per heavy atom. The lowest BCUT2D eigenvalue weighted by Crippen LogP contribution is -2.58. The average molecular weight is 421 g/mol. The van der Waals surface area contributed by atoms with Crippen molar-refractivity contribution >= 4 is 18.3 Å². The molecule has 154 valence electrons. The van der Waals surface area contributed by atoms with Crippen LogP contribution in [0, 0.1) is 0 Å². The van der Waals surface area contributed by atoms with E-state index < -0.39 is 54.1 Å². The highest BCUT2D eigenvalue weighted by atomic mass is 19.4. The van der Waals surface area contributed by atoms with Crippen molar-refractivity contribution in [3.8, 4) is 0 Å². The van der Waals surface area contributed by atoms with Crippen LogP contribution in [0.5, 0.6) is 0 Å². The molecule has 1 unspecified atom stereocenters. The van der Waals surface area contributed by atoms with Gasteiger partial charge in [0, 0.05) is 11.3 Å². The molecule has 0 aliphatic rings. The second-order valence-electron chi connectivity index (χ2n) is 5.00. The Morgan fingerprint density at radius 1 is 0.815 bits per heavy atom. The molecule has 0 bridgehead atoms. The molecule has 4 nitrogen and oxygen atoms in total. The van der Waals surface area contributed by atoms with E-state index in [1.165, 1.54) is 0 Å². The van der Waals surface area contributed by atoms with Crippen LogP contribution in [0.3, 0.4) is 0 Å². The van der Waals surface area contributed by atoms with Crippen molar-refractivity contribution in [1.82, 2.24) is 0 Å². The summed E-state index contributed by atoms with van der Waals surface area (Å²) in [6, 6.07) is 0.433. The molecule has 0 spiro atoms. The Morgan fingerprint density at radius 3 is 1.63 bits per heavy atom. The maximum Gasteiger partial charge on any atom is 0.488 e. The fourth-order valence-corrected chi connectivity index (χ4v) is 1.71. The summed E-state index contributed by atoms with van der Waals surface area (Å²) in [6.45, 7) is 0. The lowest BCUT2D eigenvalue weighted by molar-refractivity contribution is -0.488. The minimum Gasteiger partial charge on any atom is -0.423 e. The molecule has 27 heavy (non-hydrogen) atoms. The van der Waals surface area contributed by atoms with Crippen molar-refractivity contribution in [3.63, 3.8) is 0 Å².